The van der Waals surface area contributed by atoms with Crippen LogP contribution in [0.3, 0.4) is 0 Å². The van der Waals surface area contributed by atoms with Gasteiger partial charge in [-0.05, 0) is 37.1 Å². The summed E-state index contributed by atoms with van der Waals surface area (Å²) in [5, 5.41) is 10.9. The third kappa shape index (κ3) is 2.77. The Morgan fingerprint density at radius 2 is 1.45 bits per heavy atom. The third-order valence-electron chi connectivity index (χ3n) is 4.23. The average molecular weight is 356 g/mol. The van der Waals surface area contributed by atoms with Gasteiger partial charge in [-0.25, -0.2) is 0 Å². The van der Waals surface area contributed by atoms with Crippen molar-refractivity contribution in [3.8, 4) is 12.3 Å². The molecule has 0 radical (unpaired) electrons. The monoisotopic (exact) mass is 355 g/mol. The second kappa shape index (κ2) is 6.16. The lowest BCUT2D eigenvalue weighted by Gasteiger charge is -2.25. The van der Waals surface area contributed by atoms with E-state index in [-0.39, 0.29) is 0 Å². The number of hydrogen-bond acceptors (Lipinski definition) is 2. The lowest BCUT2D eigenvalue weighted by atomic mass is 9.87. The van der Waals surface area contributed by atoms with Crippen molar-refractivity contribution in [1.82, 2.24) is 0 Å². The molecular weight excluding hydrogens is 338 g/mol. The lowest BCUT2D eigenvalue weighted by molar-refractivity contribution is 0.145. The largest absolute Gasteiger partial charge is 0.372 e. The first-order valence-electron chi connectivity index (χ1n) is 7.45. The van der Waals surface area contributed by atoms with Crippen LogP contribution in [0.1, 0.15) is 24.0 Å². The van der Waals surface area contributed by atoms with Crippen LogP contribution in [0.4, 0.5) is 5.69 Å². The van der Waals surface area contributed by atoms with E-state index in [0.29, 0.717) is 5.56 Å². The molecule has 0 amide bonds. The first-order chi connectivity index (χ1) is 10.6. The van der Waals surface area contributed by atoms with E-state index in [9.17, 15) is 5.11 Å². The summed E-state index contributed by atoms with van der Waals surface area (Å²) in [6.07, 6.45) is 8.14. The molecule has 1 saturated heterocycles. The summed E-state index contributed by atoms with van der Waals surface area (Å²) in [5.41, 5.74) is 1.22. The first-order valence-corrected chi connectivity index (χ1v) is 8.24. The fourth-order valence-corrected chi connectivity index (χ4v) is 3.18. The van der Waals surface area contributed by atoms with E-state index in [1.54, 1.807) is 0 Å². The molecule has 0 spiro atoms. The van der Waals surface area contributed by atoms with Gasteiger partial charge in [-0.1, -0.05) is 46.1 Å². The van der Waals surface area contributed by atoms with E-state index in [2.05, 4.69) is 26.8 Å². The van der Waals surface area contributed by atoms with Crippen molar-refractivity contribution in [1.29, 1.82) is 0 Å². The van der Waals surface area contributed by atoms with Crippen LogP contribution < -0.4 is 4.90 Å². The maximum atomic E-state index is 10.9. The number of nitrogens with zero attached hydrogens (tertiary/aromatic N) is 1. The second-order valence-corrected chi connectivity index (χ2v) is 6.52. The fraction of sp³-hybridized carbons (Fsp3) is 0.263. The molecule has 0 aromatic heterocycles. The molecule has 22 heavy (non-hydrogen) atoms. The zero-order chi connectivity index (χ0) is 15.6. The Morgan fingerprint density at radius 3 is 1.95 bits per heavy atom. The van der Waals surface area contributed by atoms with Gasteiger partial charge in [0.05, 0.1) is 0 Å². The summed E-state index contributed by atoms with van der Waals surface area (Å²) in [7, 11) is 0. The van der Waals surface area contributed by atoms with Crippen LogP contribution >= 0.6 is 15.9 Å². The molecule has 0 bridgehead atoms. The summed E-state index contributed by atoms with van der Waals surface area (Å²) in [4.78, 5) is 2.36. The van der Waals surface area contributed by atoms with E-state index in [1.165, 1.54) is 18.5 Å². The van der Waals surface area contributed by atoms with Crippen LogP contribution in [0.2, 0.25) is 0 Å². The molecule has 3 rings (SSSR count). The van der Waals surface area contributed by atoms with E-state index in [0.717, 1.165) is 23.1 Å². The van der Waals surface area contributed by atoms with Gasteiger partial charge in [0.1, 0.15) is 0 Å². The number of terminal acetylenes is 1. The third-order valence-corrected chi connectivity index (χ3v) is 4.76. The number of benzene rings is 2. The minimum atomic E-state index is -1.40. The summed E-state index contributed by atoms with van der Waals surface area (Å²) >= 11 is 3.40. The smallest absolute Gasteiger partial charge is 0.176 e. The van der Waals surface area contributed by atoms with Gasteiger partial charge in [-0.15, -0.1) is 6.42 Å². The molecule has 0 aliphatic carbocycles. The van der Waals surface area contributed by atoms with Gasteiger partial charge >= 0.3 is 0 Å². The quantitative estimate of drug-likeness (QED) is 0.843. The predicted octanol–water partition coefficient (Wildman–Crippen LogP) is 3.92. The zero-order valence-corrected chi connectivity index (χ0v) is 13.9. The van der Waals surface area contributed by atoms with Crippen molar-refractivity contribution in [3.05, 3.63) is 64.1 Å². The molecule has 2 nitrogen and oxygen atoms in total. The fourth-order valence-electron chi connectivity index (χ4n) is 2.91. The molecule has 3 heteroatoms. The molecule has 2 aromatic rings. The minimum Gasteiger partial charge on any atom is -0.372 e. The molecular formula is C19H18BrNO. The van der Waals surface area contributed by atoms with Gasteiger partial charge in [0, 0.05) is 34.4 Å². The van der Waals surface area contributed by atoms with Crippen LogP contribution in [0.5, 0.6) is 0 Å². The van der Waals surface area contributed by atoms with Crippen molar-refractivity contribution < 1.29 is 5.11 Å². The summed E-state index contributed by atoms with van der Waals surface area (Å²) in [6.45, 7) is 2.21. The summed E-state index contributed by atoms with van der Waals surface area (Å²) in [6, 6.07) is 15.4. The van der Waals surface area contributed by atoms with Crippen LogP contribution in [0.15, 0.2) is 53.0 Å². The first kappa shape index (κ1) is 15.1. The molecule has 1 aliphatic heterocycles. The Kier molecular flexibility index (Phi) is 4.24. The Labute approximate surface area is 139 Å². The number of anilines is 1. The molecule has 0 saturated carbocycles. The van der Waals surface area contributed by atoms with Gasteiger partial charge in [0.25, 0.3) is 0 Å². The van der Waals surface area contributed by atoms with E-state index in [1.807, 2.05) is 48.5 Å². The Morgan fingerprint density at radius 1 is 0.955 bits per heavy atom. The highest BCUT2D eigenvalue weighted by Crippen LogP contribution is 2.31. The maximum absolute atomic E-state index is 10.9. The van der Waals surface area contributed by atoms with Crippen molar-refractivity contribution in [3.63, 3.8) is 0 Å². The number of aliphatic hydroxyl groups is 1. The topological polar surface area (TPSA) is 23.5 Å². The Balaban J connectivity index is 1.93. The highest BCUT2D eigenvalue weighted by molar-refractivity contribution is 9.10. The van der Waals surface area contributed by atoms with Crippen molar-refractivity contribution in [2.24, 2.45) is 0 Å². The molecule has 1 N–H and O–H groups in total. The van der Waals surface area contributed by atoms with Crippen molar-refractivity contribution in [2.75, 3.05) is 18.0 Å². The van der Waals surface area contributed by atoms with Gasteiger partial charge in [0.15, 0.2) is 5.60 Å². The van der Waals surface area contributed by atoms with Crippen molar-refractivity contribution in [2.45, 2.75) is 18.4 Å². The number of hydrogen-bond donors (Lipinski definition) is 1. The van der Waals surface area contributed by atoms with Gasteiger partial charge < -0.3 is 10.0 Å². The lowest BCUT2D eigenvalue weighted by Crippen LogP contribution is -2.25. The maximum Gasteiger partial charge on any atom is 0.176 e. The van der Waals surface area contributed by atoms with Crippen molar-refractivity contribution >= 4 is 21.6 Å². The highest BCUT2D eigenvalue weighted by Gasteiger charge is 2.29. The Hall–Kier alpha value is -1.76. The second-order valence-electron chi connectivity index (χ2n) is 5.60. The zero-order valence-electron chi connectivity index (χ0n) is 12.3. The van der Waals surface area contributed by atoms with Gasteiger partial charge in [-0.3, -0.25) is 0 Å². The average Bonchev–Trinajstić information content (AvgIpc) is 3.09. The number of halogens is 1. The van der Waals surface area contributed by atoms with E-state index < -0.39 is 5.60 Å². The SMILES string of the molecule is C#CC(O)(c1ccc(Br)cc1)c1ccc(N2CCCC2)cc1. The minimum absolute atomic E-state index is 0.701. The molecule has 1 heterocycles. The van der Waals surface area contributed by atoms with E-state index in [4.69, 9.17) is 6.42 Å². The molecule has 1 unspecified atom stereocenters. The summed E-state index contributed by atoms with van der Waals surface area (Å²) < 4.78 is 0.958. The van der Waals surface area contributed by atoms with E-state index >= 15 is 0 Å². The molecule has 1 aliphatic rings. The normalized spacial score (nSPS) is 17.0. The highest BCUT2D eigenvalue weighted by atomic mass is 79.9. The van der Waals surface area contributed by atoms with Gasteiger partial charge in [0.2, 0.25) is 0 Å². The predicted molar refractivity (Wildman–Crippen MR) is 93.9 cm³/mol. The molecule has 1 fully saturated rings. The van der Waals surface area contributed by atoms with Crippen LogP contribution in [-0.4, -0.2) is 18.2 Å². The number of rotatable bonds is 3. The van der Waals surface area contributed by atoms with Crippen LogP contribution in [0, 0.1) is 12.3 Å². The Bertz CT molecular complexity index is 681. The van der Waals surface area contributed by atoms with Crippen LogP contribution in [0.25, 0.3) is 0 Å². The molecule has 2 aromatic carbocycles. The summed E-state index contributed by atoms with van der Waals surface area (Å²) in [5.74, 6) is 2.55. The standard InChI is InChI=1S/C19H18BrNO/c1-2-19(22,15-5-9-17(20)10-6-15)16-7-11-18(12-8-16)21-13-3-4-14-21/h1,5-12,22H,3-4,13-14H2. The molecule has 112 valence electrons. The van der Waals surface area contributed by atoms with Gasteiger partial charge in [-0.2, -0.15) is 0 Å². The molecule has 1 atom stereocenters. The van der Waals surface area contributed by atoms with Crippen LogP contribution in [-0.2, 0) is 5.60 Å².